The fourth-order valence-corrected chi connectivity index (χ4v) is 6.60. The first-order valence-corrected chi connectivity index (χ1v) is 13.7. The molecule has 3 aliphatic rings. The van der Waals surface area contributed by atoms with Gasteiger partial charge in [-0.15, -0.1) is 0 Å². The number of nitrogens with one attached hydrogen (secondary N) is 1. The Morgan fingerprint density at radius 2 is 1.72 bits per heavy atom. The van der Waals surface area contributed by atoms with Gasteiger partial charge in [-0.3, -0.25) is 19.3 Å². The van der Waals surface area contributed by atoms with Crippen molar-refractivity contribution in [1.29, 1.82) is 0 Å². The van der Waals surface area contributed by atoms with Gasteiger partial charge in [-0.1, -0.05) is 11.8 Å². The van der Waals surface area contributed by atoms with Crippen molar-refractivity contribution in [3.63, 3.8) is 0 Å². The highest BCUT2D eigenvalue weighted by atomic mass is 16.3. The minimum Gasteiger partial charge on any atom is -0.508 e. The van der Waals surface area contributed by atoms with Crippen LogP contribution in [0.15, 0.2) is 47.2 Å². The largest absolute Gasteiger partial charge is 0.508 e. The summed E-state index contributed by atoms with van der Waals surface area (Å²) in [6, 6.07) is 7.46. The van der Waals surface area contributed by atoms with Gasteiger partial charge in [0.1, 0.15) is 22.8 Å². The summed E-state index contributed by atoms with van der Waals surface area (Å²) in [6.07, 6.45) is 0.230. The Hall–Kier alpha value is -4.79. The third-order valence-corrected chi connectivity index (χ3v) is 8.64. The maximum Gasteiger partial charge on any atom is 0.258 e. The molecule has 0 aliphatic heterocycles. The van der Waals surface area contributed by atoms with Gasteiger partial charge in [0.2, 0.25) is 5.78 Å². The van der Waals surface area contributed by atoms with Crippen LogP contribution in [0.4, 0.5) is 11.4 Å². The first-order chi connectivity index (χ1) is 20.2. The normalized spacial score (nSPS) is 24.6. The van der Waals surface area contributed by atoms with Crippen LogP contribution < -0.4 is 16.0 Å². The molecule has 11 heteroatoms. The molecule has 11 nitrogen and oxygen atoms in total. The topological polar surface area (TPSA) is 177 Å². The fourth-order valence-electron chi connectivity index (χ4n) is 6.60. The summed E-state index contributed by atoms with van der Waals surface area (Å²) >= 11 is 0. The Labute approximate surface area is 248 Å². The zero-order valence-corrected chi connectivity index (χ0v) is 24.5. The molecule has 0 bridgehead atoms. The Kier molecular flexibility index (Phi) is 7.24. The smallest absolute Gasteiger partial charge is 0.258 e. The summed E-state index contributed by atoms with van der Waals surface area (Å²) in [5.41, 5.74) is 4.84. The van der Waals surface area contributed by atoms with Crippen LogP contribution in [-0.4, -0.2) is 89.7 Å². The predicted molar refractivity (Wildman–Crippen MR) is 160 cm³/mol. The standard InChI is InChI=1S/C32H34N4O7/c1-34-31(42)24-28(39)25(36(4)5)20-13-17-12-19-21(35(2)3)14-16(9-6-15-7-10-18(33)11-8-15)26(37)23(19)27(38)22(17)29(40)32(20,43)30(24)41/h7-8,10-11,14,17,20,25,37-38,41,43H,12-13,33H2,1-5H3,(H,34,42)/t17-,20-,25-,32-/m0/s1. The number of aliphatic hydroxyl groups is 3. The van der Waals surface area contributed by atoms with Crippen molar-refractivity contribution in [2.75, 3.05) is 45.9 Å². The molecule has 0 radical (unpaired) electrons. The number of hydrogen-bond acceptors (Lipinski definition) is 10. The highest BCUT2D eigenvalue weighted by Gasteiger charge is 2.64. The third kappa shape index (κ3) is 4.42. The first-order valence-electron chi connectivity index (χ1n) is 13.7. The number of nitrogens with two attached hydrogens (primary N) is 1. The number of carbonyl (C=O) groups excluding carboxylic acids is 3. The minimum absolute atomic E-state index is 0.000459. The number of nitrogens with zero attached hydrogens (tertiary/aromatic N) is 2. The van der Waals surface area contributed by atoms with Gasteiger partial charge in [0, 0.05) is 49.6 Å². The molecule has 0 aromatic heterocycles. The second-order valence-electron chi connectivity index (χ2n) is 11.6. The lowest BCUT2D eigenvalue weighted by Gasteiger charge is -2.50. The quantitative estimate of drug-likeness (QED) is 0.174. The SMILES string of the molecule is CNC(=O)C1=C(O)[C@@]2(O)C(=O)C3=C(O)c4c(O)c(C#Cc5ccc(N)cc5)cc(N(C)C)c4C[C@H]3C[C@H]2[C@H](N(C)C)C1=O. The van der Waals surface area contributed by atoms with E-state index in [-0.39, 0.29) is 35.3 Å². The van der Waals surface area contributed by atoms with Crippen LogP contribution in [0.5, 0.6) is 5.75 Å². The summed E-state index contributed by atoms with van der Waals surface area (Å²) in [7, 11) is 8.05. The van der Waals surface area contributed by atoms with Gasteiger partial charge in [-0.05, 0) is 68.8 Å². The maximum absolute atomic E-state index is 14.2. The second-order valence-corrected chi connectivity index (χ2v) is 11.6. The predicted octanol–water partition coefficient (Wildman–Crippen LogP) is 1.27. The number of phenolic OH excluding ortho intramolecular Hbond substituents is 1. The Bertz CT molecular complexity index is 1690. The van der Waals surface area contributed by atoms with Crippen LogP contribution in [0.3, 0.4) is 0 Å². The van der Waals surface area contributed by atoms with Crippen molar-refractivity contribution in [3.8, 4) is 17.6 Å². The number of rotatable bonds is 3. The van der Waals surface area contributed by atoms with Crippen molar-refractivity contribution < 1.29 is 34.8 Å². The molecule has 0 spiro atoms. The maximum atomic E-state index is 14.2. The lowest BCUT2D eigenvalue weighted by atomic mass is 9.57. The number of anilines is 2. The third-order valence-electron chi connectivity index (χ3n) is 8.64. The van der Waals surface area contributed by atoms with Gasteiger partial charge >= 0.3 is 0 Å². The van der Waals surface area contributed by atoms with E-state index < -0.39 is 58.0 Å². The number of likely N-dealkylation sites (N-methyl/N-ethyl adjacent to an activating group) is 2. The number of carbonyl (C=O) groups is 3. The molecule has 5 rings (SSSR count). The average molecular weight is 587 g/mol. The van der Waals surface area contributed by atoms with Crippen LogP contribution in [-0.2, 0) is 20.8 Å². The summed E-state index contributed by atoms with van der Waals surface area (Å²) < 4.78 is 0. The monoisotopic (exact) mass is 586 g/mol. The number of benzene rings is 2. The van der Waals surface area contributed by atoms with E-state index in [1.165, 1.54) is 11.9 Å². The lowest BCUT2D eigenvalue weighted by Crippen LogP contribution is -2.65. The van der Waals surface area contributed by atoms with E-state index in [2.05, 4.69) is 17.2 Å². The molecule has 224 valence electrons. The second kappa shape index (κ2) is 10.5. The number of fused-ring (bicyclic) bond motifs is 3. The molecule has 1 fully saturated rings. The Morgan fingerprint density at radius 1 is 1.07 bits per heavy atom. The molecule has 0 unspecified atom stereocenters. The van der Waals surface area contributed by atoms with Gasteiger partial charge < -0.3 is 36.4 Å². The minimum atomic E-state index is -2.66. The van der Waals surface area contributed by atoms with Crippen molar-refractivity contribution in [2.24, 2.45) is 11.8 Å². The van der Waals surface area contributed by atoms with Crippen LogP contribution in [0, 0.1) is 23.7 Å². The van der Waals surface area contributed by atoms with Gasteiger partial charge in [-0.25, -0.2) is 0 Å². The molecule has 43 heavy (non-hydrogen) atoms. The number of amides is 1. The zero-order valence-electron chi connectivity index (χ0n) is 24.5. The summed E-state index contributed by atoms with van der Waals surface area (Å²) in [4.78, 5) is 43.6. The molecule has 1 amide bonds. The van der Waals surface area contributed by atoms with E-state index in [9.17, 15) is 34.8 Å². The van der Waals surface area contributed by atoms with E-state index >= 15 is 0 Å². The summed E-state index contributed by atoms with van der Waals surface area (Å²) in [6.45, 7) is 0. The van der Waals surface area contributed by atoms with Gasteiger partial charge in [0.05, 0.1) is 17.2 Å². The summed E-state index contributed by atoms with van der Waals surface area (Å²) in [5, 5.41) is 48.4. The summed E-state index contributed by atoms with van der Waals surface area (Å²) in [5.74, 6) is -0.483. The highest BCUT2D eigenvalue weighted by molar-refractivity contribution is 6.25. The number of hydrogen-bond donors (Lipinski definition) is 6. The van der Waals surface area contributed by atoms with Crippen molar-refractivity contribution >= 4 is 34.6 Å². The Morgan fingerprint density at radius 3 is 2.30 bits per heavy atom. The van der Waals surface area contributed by atoms with E-state index in [1.54, 1.807) is 58.5 Å². The Balaban J connectivity index is 1.72. The molecule has 4 atom stereocenters. The lowest BCUT2D eigenvalue weighted by molar-refractivity contribution is -0.153. The number of ketones is 2. The van der Waals surface area contributed by atoms with E-state index in [0.717, 1.165) is 0 Å². The molecule has 0 heterocycles. The van der Waals surface area contributed by atoms with E-state index in [0.29, 0.717) is 22.5 Å². The zero-order chi connectivity index (χ0) is 31.5. The highest BCUT2D eigenvalue weighted by Crippen LogP contribution is 2.54. The molecule has 2 aromatic carbocycles. The number of phenols is 1. The van der Waals surface area contributed by atoms with Crippen molar-refractivity contribution in [1.82, 2.24) is 10.2 Å². The molecule has 2 aromatic rings. The number of aliphatic hydroxyl groups excluding tert-OH is 2. The van der Waals surface area contributed by atoms with Gasteiger partial charge in [-0.2, -0.15) is 0 Å². The molecular formula is C32H34N4O7. The van der Waals surface area contributed by atoms with E-state index in [4.69, 9.17) is 5.73 Å². The fraction of sp³-hybridized carbons (Fsp3) is 0.344. The number of aromatic hydroxyl groups is 1. The molecule has 3 aliphatic carbocycles. The first kappa shape index (κ1) is 29.7. The van der Waals surface area contributed by atoms with Gasteiger partial charge in [0.25, 0.3) is 5.91 Å². The molecule has 7 N–H and O–H groups in total. The van der Waals surface area contributed by atoms with Crippen molar-refractivity contribution in [2.45, 2.75) is 24.5 Å². The molecule has 0 saturated heterocycles. The number of nitrogen functional groups attached to an aromatic ring is 1. The molecular weight excluding hydrogens is 552 g/mol. The number of Topliss-reactive ketones (excluding diaryl/α,β-unsaturated/α-hetero) is 2. The molecule has 1 saturated carbocycles. The van der Waals surface area contributed by atoms with Crippen molar-refractivity contribution in [3.05, 3.63) is 69.5 Å². The average Bonchev–Trinajstić information content (AvgIpc) is 2.95. The van der Waals surface area contributed by atoms with Crippen LogP contribution >= 0.6 is 0 Å². The van der Waals surface area contributed by atoms with Crippen LogP contribution in [0.1, 0.15) is 28.7 Å². The van der Waals surface area contributed by atoms with Crippen LogP contribution in [0.25, 0.3) is 5.76 Å². The van der Waals surface area contributed by atoms with Crippen LogP contribution in [0.2, 0.25) is 0 Å². The van der Waals surface area contributed by atoms with Gasteiger partial charge in [0.15, 0.2) is 11.4 Å². The van der Waals surface area contributed by atoms with E-state index in [1.807, 2.05) is 4.90 Å².